The zero-order chi connectivity index (χ0) is 13.2. The molecule has 0 aromatic heterocycles. The third-order valence-electron chi connectivity index (χ3n) is 2.79. The van der Waals surface area contributed by atoms with Crippen LogP contribution < -0.4 is 0 Å². The molecule has 0 aromatic rings. The summed E-state index contributed by atoms with van der Waals surface area (Å²) < 4.78 is 4.54. The van der Waals surface area contributed by atoms with Crippen LogP contribution in [0.4, 0.5) is 0 Å². The third kappa shape index (κ3) is 25.9. The van der Waals surface area contributed by atoms with Crippen LogP contribution in [0.2, 0.25) is 0 Å². The SMILES string of the molecule is CCCCCCCCCCCC[O].CCOC. The quantitative estimate of drug-likeness (QED) is 0.471. The minimum atomic E-state index is 0.122. The molecule has 0 spiro atoms. The summed E-state index contributed by atoms with van der Waals surface area (Å²) in [6, 6.07) is 0. The third-order valence-corrected chi connectivity index (χ3v) is 2.79. The molecule has 2 nitrogen and oxygen atoms in total. The number of unbranched alkanes of at least 4 members (excludes halogenated alkanes) is 9. The van der Waals surface area contributed by atoms with E-state index in [0.717, 1.165) is 19.4 Å². The Morgan fingerprint density at radius 2 is 1.06 bits per heavy atom. The van der Waals surface area contributed by atoms with E-state index in [-0.39, 0.29) is 6.61 Å². The van der Waals surface area contributed by atoms with Crippen LogP contribution in [0.25, 0.3) is 0 Å². The average Bonchev–Trinajstić information content (AvgIpc) is 2.37. The van der Waals surface area contributed by atoms with Gasteiger partial charge in [-0.1, -0.05) is 64.7 Å². The summed E-state index contributed by atoms with van der Waals surface area (Å²) in [5.41, 5.74) is 0. The van der Waals surface area contributed by atoms with E-state index in [1.807, 2.05) is 6.92 Å². The van der Waals surface area contributed by atoms with E-state index in [2.05, 4.69) is 11.7 Å². The first kappa shape index (κ1) is 19.3. The summed E-state index contributed by atoms with van der Waals surface area (Å²) in [7, 11) is 1.68. The maximum Gasteiger partial charge on any atom is 0.0822 e. The van der Waals surface area contributed by atoms with Gasteiger partial charge in [0.1, 0.15) is 0 Å². The highest BCUT2D eigenvalue weighted by molar-refractivity contribution is 4.46. The summed E-state index contributed by atoms with van der Waals surface area (Å²) in [6.07, 6.45) is 13.0. The molecule has 0 aromatic carbocycles. The highest BCUT2D eigenvalue weighted by atomic mass is 16.5. The summed E-state index contributed by atoms with van der Waals surface area (Å²) in [5, 5.41) is 10.1. The Labute approximate surface area is 109 Å². The molecule has 0 aliphatic heterocycles. The topological polar surface area (TPSA) is 29.1 Å². The molecule has 0 N–H and O–H groups in total. The fourth-order valence-electron chi connectivity index (χ4n) is 1.59. The van der Waals surface area contributed by atoms with Gasteiger partial charge in [-0.3, -0.25) is 0 Å². The Morgan fingerprint density at radius 3 is 1.35 bits per heavy atom. The van der Waals surface area contributed by atoms with Gasteiger partial charge in [0.15, 0.2) is 0 Å². The highest BCUT2D eigenvalue weighted by Gasteiger charge is 1.91. The van der Waals surface area contributed by atoms with Crippen molar-refractivity contribution in [3.05, 3.63) is 0 Å². The molecule has 0 atom stereocenters. The molecule has 0 heterocycles. The molecular formula is C15H33O2. The molecule has 1 radical (unpaired) electrons. The molecule has 0 aliphatic carbocycles. The minimum absolute atomic E-state index is 0.122. The van der Waals surface area contributed by atoms with Crippen molar-refractivity contribution >= 4 is 0 Å². The van der Waals surface area contributed by atoms with E-state index in [9.17, 15) is 5.11 Å². The van der Waals surface area contributed by atoms with Crippen molar-refractivity contribution in [3.63, 3.8) is 0 Å². The molecule has 0 fully saturated rings. The van der Waals surface area contributed by atoms with Crippen molar-refractivity contribution in [3.8, 4) is 0 Å². The molecule has 17 heavy (non-hydrogen) atoms. The minimum Gasteiger partial charge on any atom is -0.385 e. The van der Waals surface area contributed by atoms with Gasteiger partial charge in [-0.25, -0.2) is 5.11 Å². The number of hydrogen-bond donors (Lipinski definition) is 0. The van der Waals surface area contributed by atoms with Gasteiger partial charge >= 0.3 is 0 Å². The van der Waals surface area contributed by atoms with E-state index < -0.39 is 0 Å². The first-order valence-electron chi connectivity index (χ1n) is 7.40. The number of rotatable bonds is 11. The Balaban J connectivity index is 0. The second kappa shape index (κ2) is 21.2. The van der Waals surface area contributed by atoms with Crippen molar-refractivity contribution in [1.82, 2.24) is 0 Å². The zero-order valence-electron chi connectivity index (χ0n) is 12.3. The summed E-state index contributed by atoms with van der Waals surface area (Å²) in [4.78, 5) is 0. The molecule has 0 saturated carbocycles. The predicted octanol–water partition coefficient (Wildman–Crippen LogP) is 4.99. The first-order valence-corrected chi connectivity index (χ1v) is 7.40. The molecule has 0 saturated heterocycles. The predicted molar refractivity (Wildman–Crippen MR) is 74.9 cm³/mol. The van der Waals surface area contributed by atoms with Gasteiger partial charge in [0.25, 0.3) is 0 Å². The highest BCUT2D eigenvalue weighted by Crippen LogP contribution is 2.09. The van der Waals surface area contributed by atoms with Crippen LogP contribution in [0.15, 0.2) is 0 Å². The van der Waals surface area contributed by atoms with E-state index >= 15 is 0 Å². The van der Waals surface area contributed by atoms with Gasteiger partial charge in [0.05, 0.1) is 6.61 Å². The number of hydrogen-bond acceptors (Lipinski definition) is 1. The summed E-state index contributed by atoms with van der Waals surface area (Å²) in [5.74, 6) is 0. The van der Waals surface area contributed by atoms with Crippen molar-refractivity contribution in [1.29, 1.82) is 0 Å². The van der Waals surface area contributed by atoms with Gasteiger partial charge in [-0.05, 0) is 13.3 Å². The van der Waals surface area contributed by atoms with E-state index in [1.165, 1.54) is 51.4 Å². The van der Waals surface area contributed by atoms with Crippen LogP contribution in [0.1, 0.15) is 78.1 Å². The van der Waals surface area contributed by atoms with Crippen LogP contribution in [-0.2, 0) is 9.84 Å². The summed E-state index contributed by atoms with van der Waals surface area (Å²) >= 11 is 0. The normalized spacial score (nSPS) is 9.88. The van der Waals surface area contributed by atoms with Gasteiger partial charge in [0, 0.05) is 13.7 Å². The molecule has 0 unspecified atom stereocenters. The summed E-state index contributed by atoms with van der Waals surface area (Å²) in [6.45, 7) is 5.15. The van der Waals surface area contributed by atoms with Gasteiger partial charge in [-0.15, -0.1) is 0 Å². The lowest BCUT2D eigenvalue weighted by Crippen LogP contribution is -1.83. The largest absolute Gasteiger partial charge is 0.385 e. The first-order chi connectivity index (χ1) is 8.33. The van der Waals surface area contributed by atoms with E-state index in [1.54, 1.807) is 7.11 Å². The Kier molecular flexibility index (Phi) is 24.1. The molecular weight excluding hydrogens is 212 g/mol. The lowest BCUT2D eigenvalue weighted by molar-refractivity contribution is 0.186. The Morgan fingerprint density at radius 1 is 0.706 bits per heavy atom. The van der Waals surface area contributed by atoms with Crippen LogP contribution in [0.5, 0.6) is 0 Å². The lowest BCUT2D eigenvalue weighted by atomic mass is 10.1. The second-order valence-corrected chi connectivity index (χ2v) is 4.46. The monoisotopic (exact) mass is 245 g/mol. The fourth-order valence-corrected chi connectivity index (χ4v) is 1.59. The lowest BCUT2D eigenvalue weighted by Gasteiger charge is -2.00. The van der Waals surface area contributed by atoms with Gasteiger partial charge in [-0.2, -0.15) is 0 Å². The zero-order valence-corrected chi connectivity index (χ0v) is 12.3. The molecule has 0 rings (SSSR count). The average molecular weight is 245 g/mol. The van der Waals surface area contributed by atoms with Crippen molar-refractivity contribution in [2.75, 3.05) is 20.3 Å². The van der Waals surface area contributed by atoms with Crippen molar-refractivity contribution in [2.24, 2.45) is 0 Å². The van der Waals surface area contributed by atoms with Gasteiger partial charge < -0.3 is 4.74 Å². The fraction of sp³-hybridized carbons (Fsp3) is 1.00. The maximum absolute atomic E-state index is 10.1. The Bertz CT molecular complexity index is 93.1. The van der Waals surface area contributed by atoms with Crippen LogP contribution in [0.3, 0.4) is 0 Å². The molecule has 2 heteroatoms. The molecule has 0 bridgehead atoms. The van der Waals surface area contributed by atoms with Crippen LogP contribution in [-0.4, -0.2) is 20.3 Å². The Hall–Kier alpha value is -0.0800. The molecule has 105 valence electrons. The maximum atomic E-state index is 10.1. The number of methoxy groups -OCH3 is 1. The number of ether oxygens (including phenoxy) is 1. The van der Waals surface area contributed by atoms with E-state index in [4.69, 9.17) is 0 Å². The standard InChI is InChI=1S/C12H25O.C3H8O/c1-2-3-4-5-6-7-8-9-10-11-12-13;1-3-4-2/h2-12H2,1H3;3H2,1-2H3. The van der Waals surface area contributed by atoms with Crippen LogP contribution in [0, 0.1) is 0 Å². The molecule has 0 amide bonds. The van der Waals surface area contributed by atoms with Gasteiger partial charge in [0.2, 0.25) is 0 Å². The van der Waals surface area contributed by atoms with Crippen molar-refractivity contribution < 1.29 is 9.84 Å². The molecule has 0 aliphatic rings. The second-order valence-electron chi connectivity index (χ2n) is 4.46. The smallest absolute Gasteiger partial charge is 0.0822 e. The van der Waals surface area contributed by atoms with E-state index in [0.29, 0.717) is 0 Å². The van der Waals surface area contributed by atoms with Crippen molar-refractivity contribution in [2.45, 2.75) is 78.1 Å². The van der Waals surface area contributed by atoms with Crippen LogP contribution >= 0.6 is 0 Å².